The van der Waals surface area contributed by atoms with Gasteiger partial charge < -0.3 is 15.4 Å². The molecule has 4 heterocycles. The molecule has 4 aromatic rings. The average Bonchev–Trinajstić information content (AvgIpc) is 3.45. The largest absolute Gasteiger partial charge is 0.375 e. The summed E-state index contributed by atoms with van der Waals surface area (Å²) in [5, 5.41) is 17.5. The number of methoxy groups -OCH3 is 1. The number of carbonyl (C=O) groups is 2. The number of rotatable bonds is 7. The maximum atomic E-state index is 12.7. The number of ether oxygens (including phenoxy) is 1. The van der Waals surface area contributed by atoms with Gasteiger partial charge in [0.05, 0.1) is 53.9 Å². The van der Waals surface area contributed by atoms with E-state index in [1.807, 2.05) is 0 Å². The molecule has 4 rings (SSSR count). The van der Waals surface area contributed by atoms with Crippen LogP contribution in [0.15, 0.2) is 30.7 Å². The van der Waals surface area contributed by atoms with E-state index in [1.54, 1.807) is 13.0 Å². The lowest BCUT2D eigenvalue weighted by Gasteiger charge is -2.17. The molecule has 0 bridgehead atoms. The molecule has 0 saturated heterocycles. The number of fused-ring (bicyclic) bond motifs is 1. The van der Waals surface area contributed by atoms with Crippen LogP contribution in [-0.2, 0) is 9.57 Å². The smallest absolute Gasteiger partial charge is 0.323 e. The summed E-state index contributed by atoms with van der Waals surface area (Å²) < 4.78 is 8.13. The number of amides is 3. The second-order valence-electron chi connectivity index (χ2n) is 6.96. The standard InChI is InChI=1S/C19H18Cl2N10O4/c1-9(34-2)16-12(7-22-15-5-14(21)27-31(15)16)25-19(33)24-10-4-11(20)17(23-6-10)30-8-13(26-29-30)18(32)28-35-3/h4-9H,1-3H3,(H,28,32)(H2,24,25,33)/t9-/m0/s1. The van der Waals surface area contributed by atoms with Crippen LogP contribution in [0.4, 0.5) is 16.2 Å². The Morgan fingerprint density at radius 3 is 2.63 bits per heavy atom. The number of hydrogen-bond donors (Lipinski definition) is 3. The normalized spacial score (nSPS) is 11.9. The summed E-state index contributed by atoms with van der Waals surface area (Å²) >= 11 is 12.3. The number of nitrogens with one attached hydrogen (secondary N) is 3. The number of hydroxylamine groups is 1. The fourth-order valence-electron chi connectivity index (χ4n) is 3.09. The molecule has 35 heavy (non-hydrogen) atoms. The Morgan fingerprint density at radius 1 is 1.11 bits per heavy atom. The van der Waals surface area contributed by atoms with E-state index in [4.69, 9.17) is 27.9 Å². The minimum Gasteiger partial charge on any atom is -0.375 e. The molecule has 4 aromatic heterocycles. The van der Waals surface area contributed by atoms with Gasteiger partial charge in [-0.2, -0.15) is 5.10 Å². The molecule has 16 heteroatoms. The van der Waals surface area contributed by atoms with E-state index in [2.05, 4.69) is 46.3 Å². The number of aromatic nitrogens is 7. The molecule has 0 spiro atoms. The van der Waals surface area contributed by atoms with Gasteiger partial charge in [-0.15, -0.1) is 5.10 Å². The van der Waals surface area contributed by atoms with Crippen molar-refractivity contribution in [1.82, 2.24) is 40.1 Å². The van der Waals surface area contributed by atoms with Crippen molar-refractivity contribution < 1.29 is 19.2 Å². The topological polar surface area (TPSA) is 162 Å². The maximum absolute atomic E-state index is 12.7. The first-order valence-electron chi connectivity index (χ1n) is 9.87. The molecule has 0 aliphatic heterocycles. The van der Waals surface area contributed by atoms with Gasteiger partial charge in [-0.1, -0.05) is 28.4 Å². The highest BCUT2D eigenvalue weighted by Gasteiger charge is 2.20. The summed E-state index contributed by atoms with van der Waals surface area (Å²) in [6.07, 6.45) is 3.74. The van der Waals surface area contributed by atoms with Crippen LogP contribution in [0.3, 0.4) is 0 Å². The van der Waals surface area contributed by atoms with Crippen LogP contribution in [0.5, 0.6) is 0 Å². The Bertz CT molecular complexity index is 1410. The molecular formula is C19H18Cl2N10O4. The molecule has 0 fully saturated rings. The highest BCUT2D eigenvalue weighted by molar-refractivity contribution is 6.32. The van der Waals surface area contributed by atoms with Crippen LogP contribution >= 0.6 is 23.2 Å². The van der Waals surface area contributed by atoms with Gasteiger partial charge in [-0.3, -0.25) is 9.63 Å². The van der Waals surface area contributed by atoms with Crippen molar-refractivity contribution in [1.29, 1.82) is 0 Å². The Kier molecular flexibility index (Phi) is 7.07. The monoisotopic (exact) mass is 520 g/mol. The zero-order valence-electron chi connectivity index (χ0n) is 18.5. The van der Waals surface area contributed by atoms with Gasteiger partial charge in [0.2, 0.25) is 0 Å². The lowest BCUT2D eigenvalue weighted by atomic mass is 10.2. The summed E-state index contributed by atoms with van der Waals surface area (Å²) in [6, 6.07) is 2.47. The number of carbonyl (C=O) groups excluding carboxylic acids is 2. The van der Waals surface area contributed by atoms with E-state index in [0.717, 1.165) is 0 Å². The predicted molar refractivity (Wildman–Crippen MR) is 125 cm³/mol. The Balaban J connectivity index is 1.52. The van der Waals surface area contributed by atoms with E-state index >= 15 is 0 Å². The molecule has 0 radical (unpaired) electrons. The van der Waals surface area contributed by atoms with Gasteiger partial charge in [0.1, 0.15) is 0 Å². The molecule has 3 amide bonds. The van der Waals surface area contributed by atoms with Gasteiger partial charge in [0.15, 0.2) is 22.3 Å². The van der Waals surface area contributed by atoms with Crippen LogP contribution < -0.4 is 16.1 Å². The lowest BCUT2D eigenvalue weighted by Crippen LogP contribution is -2.22. The van der Waals surface area contributed by atoms with E-state index in [1.165, 1.54) is 48.1 Å². The van der Waals surface area contributed by atoms with E-state index < -0.39 is 18.0 Å². The van der Waals surface area contributed by atoms with Crippen LogP contribution in [0.1, 0.15) is 29.2 Å². The highest BCUT2D eigenvalue weighted by atomic mass is 35.5. The highest BCUT2D eigenvalue weighted by Crippen LogP contribution is 2.27. The molecule has 0 aliphatic rings. The second-order valence-corrected chi connectivity index (χ2v) is 7.76. The summed E-state index contributed by atoms with van der Waals surface area (Å²) in [7, 11) is 2.83. The second kappa shape index (κ2) is 10.2. The predicted octanol–water partition coefficient (Wildman–Crippen LogP) is 2.65. The van der Waals surface area contributed by atoms with Crippen molar-refractivity contribution in [2.75, 3.05) is 24.9 Å². The van der Waals surface area contributed by atoms with Gasteiger partial charge in [-0.25, -0.2) is 29.4 Å². The molecule has 0 saturated carbocycles. The fourth-order valence-corrected chi connectivity index (χ4v) is 3.52. The average molecular weight is 521 g/mol. The van der Waals surface area contributed by atoms with Crippen molar-refractivity contribution in [3.63, 3.8) is 0 Å². The first-order valence-corrected chi connectivity index (χ1v) is 10.6. The van der Waals surface area contributed by atoms with Crippen molar-refractivity contribution in [2.45, 2.75) is 13.0 Å². The third-order valence-corrected chi connectivity index (χ3v) is 5.16. The molecule has 14 nitrogen and oxygen atoms in total. The van der Waals surface area contributed by atoms with Crippen molar-refractivity contribution in [3.05, 3.63) is 52.3 Å². The SMILES string of the molecule is CONC(=O)c1cn(-c2ncc(NC(=O)Nc3cnc4cc(Cl)nn4c3[C@H](C)OC)cc2Cl)nn1. The summed E-state index contributed by atoms with van der Waals surface area (Å²) in [4.78, 5) is 37.5. The quantitative estimate of drug-likeness (QED) is 0.310. The minimum atomic E-state index is -0.586. The zero-order chi connectivity index (χ0) is 25.1. The lowest BCUT2D eigenvalue weighted by molar-refractivity contribution is 0.0532. The zero-order valence-corrected chi connectivity index (χ0v) is 20.0. The summed E-state index contributed by atoms with van der Waals surface area (Å²) in [5.74, 6) is -0.389. The van der Waals surface area contributed by atoms with Gasteiger partial charge in [0, 0.05) is 13.2 Å². The fraction of sp³-hybridized carbons (Fsp3) is 0.211. The Hall–Kier alpha value is -3.85. The number of urea groups is 1. The molecule has 182 valence electrons. The first kappa shape index (κ1) is 24.3. The molecule has 0 unspecified atom stereocenters. The summed E-state index contributed by atoms with van der Waals surface area (Å²) in [6.45, 7) is 1.80. The number of anilines is 2. The third-order valence-electron chi connectivity index (χ3n) is 4.70. The van der Waals surface area contributed by atoms with Gasteiger partial charge in [-0.05, 0) is 13.0 Å². The molecular weight excluding hydrogens is 503 g/mol. The number of nitrogens with zero attached hydrogens (tertiary/aromatic N) is 7. The minimum absolute atomic E-state index is 0.00330. The molecule has 0 aromatic carbocycles. The molecule has 0 aliphatic carbocycles. The summed E-state index contributed by atoms with van der Waals surface area (Å²) in [5.41, 5.74) is 3.84. The first-order chi connectivity index (χ1) is 16.8. The Morgan fingerprint density at radius 2 is 1.91 bits per heavy atom. The van der Waals surface area contributed by atoms with E-state index in [9.17, 15) is 9.59 Å². The van der Waals surface area contributed by atoms with Crippen molar-refractivity contribution in [2.24, 2.45) is 0 Å². The molecule has 3 N–H and O–H groups in total. The van der Waals surface area contributed by atoms with Crippen molar-refractivity contribution in [3.8, 4) is 5.82 Å². The third kappa shape index (κ3) is 5.14. The van der Waals surface area contributed by atoms with Crippen LogP contribution in [0, 0.1) is 0 Å². The van der Waals surface area contributed by atoms with Crippen LogP contribution in [0.25, 0.3) is 11.5 Å². The van der Waals surface area contributed by atoms with Crippen molar-refractivity contribution >= 4 is 52.2 Å². The van der Waals surface area contributed by atoms with Crippen LogP contribution in [-0.4, -0.2) is 60.7 Å². The van der Waals surface area contributed by atoms with E-state index in [0.29, 0.717) is 22.7 Å². The Labute approximate surface area is 207 Å². The van der Waals surface area contributed by atoms with E-state index in [-0.39, 0.29) is 21.7 Å². The number of halogens is 2. The number of hydrogen-bond acceptors (Lipinski definition) is 9. The van der Waals surface area contributed by atoms with Gasteiger partial charge in [0.25, 0.3) is 5.91 Å². The number of pyridine rings is 1. The maximum Gasteiger partial charge on any atom is 0.323 e. The van der Waals surface area contributed by atoms with Crippen LogP contribution in [0.2, 0.25) is 10.2 Å². The van der Waals surface area contributed by atoms with Gasteiger partial charge >= 0.3 is 6.03 Å². The molecule has 1 atom stereocenters.